The van der Waals surface area contributed by atoms with E-state index in [-0.39, 0.29) is 0 Å². The fourth-order valence-electron chi connectivity index (χ4n) is 3.41. The van der Waals surface area contributed by atoms with Crippen LogP contribution in [-0.4, -0.2) is 10.2 Å². The number of benzene rings is 3. The van der Waals surface area contributed by atoms with Crippen molar-refractivity contribution in [2.75, 3.05) is 0 Å². The van der Waals surface area contributed by atoms with E-state index in [9.17, 15) is 5.21 Å². The van der Waals surface area contributed by atoms with E-state index in [2.05, 4.69) is 10.1 Å². The fraction of sp³-hybridized carbons (Fsp3) is 0. The highest BCUT2D eigenvalue weighted by molar-refractivity contribution is 5.86. The maximum Gasteiger partial charge on any atom is 0.155 e. The molecule has 4 heteroatoms. The summed E-state index contributed by atoms with van der Waals surface area (Å²) in [6, 6.07) is 27.7. The summed E-state index contributed by atoms with van der Waals surface area (Å²) >= 11 is 0. The molecule has 2 aromatic heterocycles. The van der Waals surface area contributed by atoms with E-state index in [4.69, 9.17) is 4.42 Å². The third-order valence-electron chi connectivity index (χ3n) is 4.84. The molecule has 0 aliphatic carbocycles. The zero-order valence-corrected chi connectivity index (χ0v) is 14.9. The van der Waals surface area contributed by atoms with E-state index >= 15 is 0 Å². The molecule has 3 aromatic carbocycles. The molecule has 0 atom stereocenters. The van der Waals surface area contributed by atoms with Gasteiger partial charge in [0, 0.05) is 23.0 Å². The summed E-state index contributed by atoms with van der Waals surface area (Å²) in [5.74, 6) is 0.552. The minimum Gasteiger partial charge on any atom is -0.454 e. The largest absolute Gasteiger partial charge is 0.454 e. The molecular formula is C24H16N2O2. The highest BCUT2D eigenvalue weighted by Gasteiger charge is 2.10. The van der Waals surface area contributed by atoms with Crippen LogP contribution in [0.1, 0.15) is 0 Å². The molecule has 0 unspecified atom stereocenters. The van der Waals surface area contributed by atoms with Crippen LogP contribution in [0.25, 0.3) is 44.3 Å². The predicted octanol–water partition coefficient (Wildman–Crippen LogP) is 5.60. The molecule has 2 heterocycles. The number of hydrogen-bond donors (Lipinski definition) is 1. The van der Waals surface area contributed by atoms with Gasteiger partial charge in [-0.25, -0.2) is 0 Å². The van der Waals surface area contributed by atoms with Crippen molar-refractivity contribution in [3.8, 4) is 22.6 Å². The summed E-state index contributed by atoms with van der Waals surface area (Å²) in [7, 11) is 0. The van der Waals surface area contributed by atoms with E-state index in [0.717, 1.165) is 27.3 Å². The maximum atomic E-state index is 9.53. The summed E-state index contributed by atoms with van der Waals surface area (Å²) in [6.45, 7) is 0. The van der Waals surface area contributed by atoms with Gasteiger partial charge < -0.3 is 9.62 Å². The summed E-state index contributed by atoms with van der Waals surface area (Å²) < 4.78 is 6.17. The van der Waals surface area contributed by atoms with Crippen molar-refractivity contribution in [2.24, 2.45) is 5.16 Å². The summed E-state index contributed by atoms with van der Waals surface area (Å²) in [5.41, 5.74) is 3.46. The smallest absolute Gasteiger partial charge is 0.155 e. The van der Waals surface area contributed by atoms with Crippen LogP contribution in [0.2, 0.25) is 0 Å². The van der Waals surface area contributed by atoms with Gasteiger partial charge in [-0.3, -0.25) is 4.98 Å². The Hall–Kier alpha value is -3.92. The van der Waals surface area contributed by atoms with E-state index < -0.39 is 0 Å². The van der Waals surface area contributed by atoms with Crippen LogP contribution >= 0.6 is 0 Å². The first-order valence-corrected chi connectivity index (χ1v) is 8.98. The Bertz CT molecular complexity index is 1370. The molecule has 0 aliphatic rings. The van der Waals surface area contributed by atoms with Gasteiger partial charge in [0.15, 0.2) is 5.76 Å². The number of hydrogen-bond acceptors (Lipinski definition) is 4. The molecule has 0 fully saturated rings. The lowest BCUT2D eigenvalue weighted by Crippen LogP contribution is -2.03. The predicted molar refractivity (Wildman–Crippen MR) is 110 cm³/mol. The molecule has 28 heavy (non-hydrogen) atoms. The number of aromatic nitrogens is 1. The van der Waals surface area contributed by atoms with Gasteiger partial charge in [-0.15, -0.1) is 0 Å². The third-order valence-corrected chi connectivity index (χ3v) is 4.84. The van der Waals surface area contributed by atoms with Crippen LogP contribution in [0.3, 0.4) is 0 Å². The topological polar surface area (TPSA) is 58.6 Å². The second-order valence-corrected chi connectivity index (χ2v) is 6.59. The Kier molecular flexibility index (Phi) is 3.87. The van der Waals surface area contributed by atoms with E-state index in [1.165, 1.54) is 0 Å². The second-order valence-electron chi connectivity index (χ2n) is 6.59. The average Bonchev–Trinajstić information content (AvgIpc) is 2.78. The molecule has 0 spiro atoms. The Balaban J connectivity index is 1.72. The Morgan fingerprint density at radius 3 is 2.36 bits per heavy atom. The first-order chi connectivity index (χ1) is 13.8. The molecular weight excluding hydrogens is 348 g/mol. The first kappa shape index (κ1) is 16.3. The Morgan fingerprint density at radius 1 is 0.750 bits per heavy atom. The highest BCUT2D eigenvalue weighted by Crippen LogP contribution is 2.27. The zero-order valence-electron chi connectivity index (χ0n) is 14.9. The maximum absolute atomic E-state index is 9.53. The Labute approximate surface area is 161 Å². The van der Waals surface area contributed by atoms with Crippen molar-refractivity contribution in [1.29, 1.82) is 0 Å². The van der Waals surface area contributed by atoms with Crippen molar-refractivity contribution < 1.29 is 9.62 Å². The van der Waals surface area contributed by atoms with E-state index in [1.807, 2.05) is 85.1 Å². The van der Waals surface area contributed by atoms with Crippen LogP contribution in [-0.2, 0) is 0 Å². The van der Waals surface area contributed by atoms with Crippen LogP contribution in [0.5, 0.6) is 0 Å². The van der Waals surface area contributed by atoms with Gasteiger partial charge in [-0.05, 0) is 34.7 Å². The molecule has 4 nitrogen and oxygen atoms in total. The number of pyridine rings is 1. The number of nitrogens with zero attached hydrogens (tertiary/aromatic N) is 2. The van der Waals surface area contributed by atoms with Gasteiger partial charge in [0.05, 0.1) is 0 Å². The SMILES string of the molecule is O/N=c1/cc(-c2cc3ccccc3cn2)oc2cc(-c3ccccc3)ccc12. The summed E-state index contributed by atoms with van der Waals surface area (Å²) in [6.07, 6.45) is 1.82. The molecule has 0 saturated heterocycles. The highest BCUT2D eigenvalue weighted by atomic mass is 16.4. The van der Waals surface area contributed by atoms with Crippen molar-refractivity contribution in [3.63, 3.8) is 0 Å². The average molecular weight is 364 g/mol. The Morgan fingerprint density at radius 2 is 1.54 bits per heavy atom. The molecule has 5 rings (SSSR count). The molecule has 134 valence electrons. The summed E-state index contributed by atoms with van der Waals surface area (Å²) in [4.78, 5) is 4.52. The van der Waals surface area contributed by atoms with Crippen molar-refractivity contribution >= 4 is 21.7 Å². The second kappa shape index (κ2) is 6.67. The minimum atomic E-state index is 0.450. The van der Waals surface area contributed by atoms with Crippen LogP contribution < -0.4 is 5.36 Å². The van der Waals surface area contributed by atoms with Crippen LogP contribution in [0.4, 0.5) is 0 Å². The molecule has 0 aliphatic heterocycles. The van der Waals surface area contributed by atoms with Gasteiger partial charge >= 0.3 is 0 Å². The third kappa shape index (κ3) is 2.81. The quantitative estimate of drug-likeness (QED) is 0.327. The van der Waals surface area contributed by atoms with Gasteiger partial charge in [-0.1, -0.05) is 65.8 Å². The van der Waals surface area contributed by atoms with E-state index in [1.54, 1.807) is 6.07 Å². The lowest BCUT2D eigenvalue weighted by molar-refractivity contribution is 0.302. The van der Waals surface area contributed by atoms with Gasteiger partial charge in [0.2, 0.25) is 0 Å². The van der Waals surface area contributed by atoms with Crippen LogP contribution in [0, 0.1) is 0 Å². The molecule has 0 radical (unpaired) electrons. The summed E-state index contributed by atoms with van der Waals surface area (Å²) in [5, 5.41) is 16.3. The van der Waals surface area contributed by atoms with Crippen molar-refractivity contribution in [2.45, 2.75) is 0 Å². The number of rotatable bonds is 2. The van der Waals surface area contributed by atoms with E-state index in [0.29, 0.717) is 22.4 Å². The van der Waals surface area contributed by atoms with Gasteiger partial charge in [-0.2, -0.15) is 0 Å². The minimum absolute atomic E-state index is 0.450. The lowest BCUT2D eigenvalue weighted by Gasteiger charge is -2.07. The molecule has 1 N–H and O–H groups in total. The van der Waals surface area contributed by atoms with Crippen LogP contribution in [0.15, 0.2) is 101 Å². The molecule has 0 saturated carbocycles. The van der Waals surface area contributed by atoms with Gasteiger partial charge in [0.25, 0.3) is 0 Å². The normalized spacial score (nSPS) is 11.9. The van der Waals surface area contributed by atoms with Crippen molar-refractivity contribution in [1.82, 2.24) is 4.98 Å². The molecule has 5 aromatic rings. The molecule has 0 amide bonds. The van der Waals surface area contributed by atoms with Crippen molar-refractivity contribution in [3.05, 3.63) is 96.5 Å². The zero-order chi connectivity index (χ0) is 18.9. The number of fused-ring (bicyclic) bond motifs is 2. The molecule has 0 bridgehead atoms. The van der Waals surface area contributed by atoms with Gasteiger partial charge in [0.1, 0.15) is 16.6 Å². The first-order valence-electron chi connectivity index (χ1n) is 8.98. The lowest BCUT2D eigenvalue weighted by atomic mass is 10.0. The standard InChI is InChI=1S/C24H16N2O2/c27-26-21-14-24(22-12-17-8-4-5-9-19(17)15-25-22)28-23-13-18(10-11-20(21)23)16-6-2-1-3-7-16/h1-15,27H/b26-21-. The fourth-order valence-corrected chi connectivity index (χ4v) is 3.41. The monoisotopic (exact) mass is 364 g/mol.